The second-order valence-corrected chi connectivity index (χ2v) is 7.67. The second kappa shape index (κ2) is 9.96. The van der Waals surface area contributed by atoms with Crippen LogP contribution in [0.2, 0.25) is 0 Å². The van der Waals surface area contributed by atoms with E-state index in [1.54, 1.807) is 0 Å². The maximum Gasteiger partial charge on any atom is 0.244 e. The zero-order chi connectivity index (χ0) is 20.8. The van der Waals surface area contributed by atoms with Gasteiger partial charge in [0.25, 0.3) is 0 Å². The van der Waals surface area contributed by atoms with E-state index in [2.05, 4.69) is 34.1 Å². The van der Waals surface area contributed by atoms with Crippen LogP contribution in [0.1, 0.15) is 18.5 Å². The Morgan fingerprint density at radius 2 is 1.60 bits per heavy atom. The van der Waals surface area contributed by atoms with Gasteiger partial charge in [-0.2, -0.15) is 0 Å². The number of hydrogen-bond acceptors (Lipinski definition) is 5. The van der Waals surface area contributed by atoms with Gasteiger partial charge in [0.1, 0.15) is 11.8 Å². The van der Waals surface area contributed by atoms with Crippen molar-refractivity contribution in [1.82, 2.24) is 9.80 Å². The number of morpholine rings is 1. The van der Waals surface area contributed by atoms with Crippen LogP contribution in [-0.4, -0.2) is 74.8 Å². The average molecular weight is 410 g/mol. The first-order chi connectivity index (χ1) is 14.8. The molecule has 6 heteroatoms. The first-order valence-corrected chi connectivity index (χ1v) is 10.9. The Morgan fingerprint density at radius 3 is 2.30 bits per heavy atom. The number of piperazine rings is 1. The number of carbonyl (C=O) groups is 1. The van der Waals surface area contributed by atoms with Crippen molar-refractivity contribution < 1.29 is 14.3 Å². The van der Waals surface area contributed by atoms with Crippen molar-refractivity contribution in [3.8, 4) is 5.75 Å². The van der Waals surface area contributed by atoms with E-state index in [9.17, 15) is 4.79 Å². The lowest BCUT2D eigenvalue weighted by Gasteiger charge is -2.42. The molecule has 0 spiro atoms. The van der Waals surface area contributed by atoms with Crippen molar-refractivity contribution in [2.75, 3.05) is 64.0 Å². The first-order valence-electron chi connectivity index (χ1n) is 10.9. The van der Waals surface area contributed by atoms with Crippen molar-refractivity contribution >= 4 is 11.6 Å². The normalized spacial score (nSPS) is 18.8. The molecule has 0 unspecified atom stereocenters. The Balaban J connectivity index is 1.50. The van der Waals surface area contributed by atoms with Gasteiger partial charge in [0.15, 0.2) is 0 Å². The van der Waals surface area contributed by atoms with Gasteiger partial charge in [-0.1, -0.05) is 42.5 Å². The molecule has 0 saturated carbocycles. The Kier molecular flexibility index (Phi) is 6.87. The lowest BCUT2D eigenvalue weighted by Crippen LogP contribution is -2.53. The van der Waals surface area contributed by atoms with Crippen LogP contribution in [0.5, 0.6) is 5.75 Å². The van der Waals surface area contributed by atoms with E-state index in [-0.39, 0.29) is 11.9 Å². The SMILES string of the molecule is CCOc1ccccc1N1CCN([C@H](C(=O)N2CCOCC2)c2ccccc2)CC1. The third-order valence-electron chi connectivity index (χ3n) is 5.86. The molecule has 160 valence electrons. The minimum Gasteiger partial charge on any atom is -0.492 e. The van der Waals surface area contributed by atoms with Gasteiger partial charge in [-0.25, -0.2) is 0 Å². The number of benzene rings is 2. The maximum absolute atomic E-state index is 13.5. The molecule has 1 atom stereocenters. The molecule has 2 heterocycles. The summed E-state index contributed by atoms with van der Waals surface area (Å²) in [7, 11) is 0. The number of nitrogens with zero attached hydrogens (tertiary/aromatic N) is 3. The number of rotatable bonds is 6. The van der Waals surface area contributed by atoms with Gasteiger partial charge >= 0.3 is 0 Å². The van der Waals surface area contributed by atoms with Gasteiger partial charge in [0.2, 0.25) is 5.91 Å². The highest BCUT2D eigenvalue weighted by Gasteiger charge is 2.34. The minimum absolute atomic E-state index is 0.188. The molecule has 0 aromatic heterocycles. The molecule has 1 amide bonds. The van der Waals surface area contributed by atoms with E-state index in [0.29, 0.717) is 32.9 Å². The van der Waals surface area contributed by atoms with Crippen LogP contribution in [0.4, 0.5) is 5.69 Å². The van der Waals surface area contributed by atoms with Crippen molar-refractivity contribution in [3.63, 3.8) is 0 Å². The lowest BCUT2D eigenvalue weighted by atomic mass is 10.0. The van der Waals surface area contributed by atoms with Crippen LogP contribution in [0.3, 0.4) is 0 Å². The molecule has 30 heavy (non-hydrogen) atoms. The zero-order valence-corrected chi connectivity index (χ0v) is 17.7. The highest BCUT2D eigenvalue weighted by atomic mass is 16.5. The number of anilines is 1. The molecule has 2 aliphatic heterocycles. The summed E-state index contributed by atoms with van der Waals surface area (Å²) >= 11 is 0. The van der Waals surface area contributed by atoms with Gasteiger partial charge in [-0.15, -0.1) is 0 Å². The number of ether oxygens (including phenoxy) is 2. The molecule has 0 N–H and O–H groups in total. The summed E-state index contributed by atoms with van der Waals surface area (Å²) < 4.78 is 11.3. The maximum atomic E-state index is 13.5. The summed E-state index contributed by atoms with van der Waals surface area (Å²) in [6.45, 7) is 8.63. The Hall–Kier alpha value is -2.57. The lowest BCUT2D eigenvalue weighted by molar-refractivity contribution is -0.141. The monoisotopic (exact) mass is 409 g/mol. The van der Waals surface area contributed by atoms with E-state index in [0.717, 1.165) is 43.2 Å². The van der Waals surface area contributed by atoms with Crippen molar-refractivity contribution in [2.24, 2.45) is 0 Å². The molecule has 0 bridgehead atoms. The highest BCUT2D eigenvalue weighted by molar-refractivity contribution is 5.83. The smallest absolute Gasteiger partial charge is 0.244 e. The molecular formula is C24H31N3O3. The first kappa shape index (κ1) is 20.7. The fourth-order valence-corrected chi connectivity index (χ4v) is 4.32. The Morgan fingerprint density at radius 1 is 0.933 bits per heavy atom. The van der Waals surface area contributed by atoms with Crippen LogP contribution in [0.25, 0.3) is 0 Å². The molecule has 2 aliphatic rings. The summed E-state index contributed by atoms with van der Waals surface area (Å²) in [6, 6.07) is 18.1. The highest BCUT2D eigenvalue weighted by Crippen LogP contribution is 2.31. The largest absolute Gasteiger partial charge is 0.492 e. The average Bonchev–Trinajstić information content (AvgIpc) is 2.82. The third kappa shape index (κ3) is 4.60. The fourth-order valence-electron chi connectivity index (χ4n) is 4.32. The van der Waals surface area contributed by atoms with Gasteiger partial charge in [-0.05, 0) is 24.6 Å². The van der Waals surface area contributed by atoms with Gasteiger partial charge in [-0.3, -0.25) is 9.69 Å². The summed E-state index contributed by atoms with van der Waals surface area (Å²) in [4.78, 5) is 20.1. The molecule has 6 nitrogen and oxygen atoms in total. The van der Waals surface area contributed by atoms with Crippen LogP contribution in [0, 0.1) is 0 Å². The number of para-hydroxylation sites is 2. The van der Waals surface area contributed by atoms with Crippen LogP contribution >= 0.6 is 0 Å². The second-order valence-electron chi connectivity index (χ2n) is 7.67. The fraction of sp³-hybridized carbons (Fsp3) is 0.458. The third-order valence-corrected chi connectivity index (χ3v) is 5.86. The standard InChI is InChI=1S/C24H31N3O3/c1-2-30-22-11-7-6-10-21(22)25-12-14-26(15-13-25)23(20-8-4-3-5-9-20)24(28)27-16-18-29-19-17-27/h3-11,23H,2,12-19H2,1H3/t23-/m0/s1. The van der Waals surface area contributed by atoms with Gasteiger partial charge in [0, 0.05) is 39.3 Å². The van der Waals surface area contributed by atoms with E-state index < -0.39 is 0 Å². The molecule has 2 aromatic carbocycles. The number of hydrogen-bond donors (Lipinski definition) is 0. The van der Waals surface area contributed by atoms with E-state index >= 15 is 0 Å². The molecule has 0 aliphatic carbocycles. The number of amides is 1. The predicted octanol–water partition coefficient (Wildman–Crippen LogP) is 2.81. The van der Waals surface area contributed by atoms with E-state index in [1.165, 1.54) is 0 Å². The quantitative estimate of drug-likeness (QED) is 0.734. The van der Waals surface area contributed by atoms with Crippen LogP contribution in [0.15, 0.2) is 54.6 Å². The summed E-state index contributed by atoms with van der Waals surface area (Å²) in [5.74, 6) is 1.12. The number of carbonyl (C=O) groups excluding carboxylic acids is 1. The molecule has 2 fully saturated rings. The Labute approximate surface area is 179 Å². The molecular weight excluding hydrogens is 378 g/mol. The molecule has 2 saturated heterocycles. The topological polar surface area (TPSA) is 45.2 Å². The predicted molar refractivity (Wildman–Crippen MR) is 118 cm³/mol. The van der Waals surface area contributed by atoms with Gasteiger partial charge < -0.3 is 19.3 Å². The molecule has 0 radical (unpaired) electrons. The van der Waals surface area contributed by atoms with E-state index in [4.69, 9.17) is 9.47 Å². The van der Waals surface area contributed by atoms with Crippen molar-refractivity contribution in [2.45, 2.75) is 13.0 Å². The minimum atomic E-state index is -0.242. The summed E-state index contributed by atoms with van der Waals surface area (Å²) in [5.41, 5.74) is 2.20. The van der Waals surface area contributed by atoms with Crippen LogP contribution < -0.4 is 9.64 Å². The molecule has 2 aromatic rings. The van der Waals surface area contributed by atoms with Gasteiger partial charge in [0.05, 0.1) is 25.5 Å². The Bertz CT molecular complexity index is 815. The van der Waals surface area contributed by atoms with Crippen molar-refractivity contribution in [3.05, 3.63) is 60.2 Å². The zero-order valence-electron chi connectivity index (χ0n) is 17.7. The summed E-state index contributed by atoms with van der Waals surface area (Å²) in [6.07, 6.45) is 0. The summed E-state index contributed by atoms with van der Waals surface area (Å²) in [5, 5.41) is 0. The van der Waals surface area contributed by atoms with E-state index in [1.807, 2.05) is 42.2 Å². The van der Waals surface area contributed by atoms with Crippen molar-refractivity contribution in [1.29, 1.82) is 0 Å². The molecule has 4 rings (SSSR count). The van der Waals surface area contributed by atoms with Crippen LogP contribution in [-0.2, 0) is 9.53 Å².